The number of primary sulfonamides is 1. The van der Waals surface area contributed by atoms with Crippen LogP contribution in [0.25, 0.3) is 0 Å². The zero-order chi connectivity index (χ0) is 15.8. The fourth-order valence-electron chi connectivity index (χ4n) is 2.43. The Morgan fingerprint density at radius 2 is 2.05 bits per heavy atom. The summed E-state index contributed by atoms with van der Waals surface area (Å²) in [4.78, 5) is 12.3. The fourth-order valence-corrected chi connectivity index (χ4v) is 2.97. The predicted octanol–water partition coefficient (Wildman–Crippen LogP) is 1.63. The number of amides is 1. The number of hydrogen-bond acceptors (Lipinski definition) is 3. The van der Waals surface area contributed by atoms with Crippen LogP contribution in [0.5, 0.6) is 0 Å². The fraction of sp³-hybridized carbons (Fsp3) is 0.643. The largest absolute Gasteiger partial charge is 0.348 e. The number of carbonyl (C=O) groups excluding carboxylic acids is 1. The number of rotatable bonds is 6. The summed E-state index contributed by atoms with van der Waals surface area (Å²) < 4.78 is 24.5. The summed E-state index contributed by atoms with van der Waals surface area (Å²) in [6.07, 6.45) is 4.85. The highest BCUT2D eigenvalue weighted by atomic mass is 32.2. The van der Waals surface area contributed by atoms with Crippen LogP contribution in [0.15, 0.2) is 17.2 Å². The monoisotopic (exact) mass is 313 g/mol. The van der Waals surface area contributed by atoms with Crippen LogP contribution in [0.1, 0.15) is 56.6 Å². The molecule has 1 atom stereocenters. The number of sulfonamides is 1. The lowest BCUT2D eigenvalue weighted by Gasteiger charge is -2.16. The summed E-state index contributed by atoms with van der Waals surface area (Å²) in [7, 11) is -3.81. The molecule has 1 heterocycles. The summed E-state index contributed by atoms with van der Waals surface area (Å²) in [5.41, 5.74) is 0.330. The molecule has 0 aliphatic heterocycles. The molecule has 2 rings (SSSR count). The van der Waals surface area contributed by atoms with Gasteiger partial charge in [0, 0.05) is 18.3 Å². The Morgan fingerprint density at radius 3 is 2.52 bits per heavy atom. The van der Waals surface area contributed by atoms with Crippen molar-refractivity contribution < 1.29 is 13.2 Å². The summed E-state index contributed by atoms with van der Waals surface area (Å²) in [6, 6.07) is 1.40. The summed E-state index contributed by atoms with van der Waals surface area (Å²) in [5, 5.41) is 8.07. The van der Waals surface area contributed by atoms with E-state index in [1.54, 1.807) is 4.57 Å². The van der Waals surface area contributed by atoms with Crippen LogP contribution in [-0.2, 0) is 10.0 Å². The van der Waals surface area contributed by atoms with Gasteiger partial charge in [0.1, 0.15) is 10.6 Å². The van der Waals surface area contributed by atoms with Gasteiger partial charge in [-0.3, -0.25) is 4.79 Å². The molecule has 0 aromatic carbocycles. The molecule has 7 heteroatoms. The Kier molecular flexibility index (Phi) is 4.43. The molecule has 0 spiro atoms. The smallest absolute Gasteiger partial charge is 0.268 e. The third-order valence-corrected chi connectivity index (χ3v) is 4.58. The van der Waals surface area contributed by atoms with Crippen molar-refractivity contribution in [3.63, 3.8) is 0 Å². The molecule has 6 nitrogen and oxygen atoms in total. The second kappa shape index (κ2) is 5.81. The second-order valence-electron chi connectivity index (χ2n) is 6.16. The lowest BCUT2D eigenvalue weighted by molar-refractivity contribution is 0.0926. The molecule has 0 saturated heterocycles. The van der Waals surface area contributed by atoms with E-state index in [9.17, 15) is 13.2 Å². The molecule has 0 radical (unpaired) electrons. The first-order valence-electron chi connectivity index (χ1n) is 7.24. The van der Waals surface area contributed by atoms with Crippen LogP contribution in [0.4, 0.5) is 0 Å². The Hall–Kier alpha value is -1.34. The minimum Gasteiger partial charge on any atom is -0.348 e. The van der Waals surface area contributed by atoms with E-state index in [1.165, 1.54) is 25.1 Å². The molecule has 1 aromatic heterocycles. The van der Waals surface area contributed by atoms with E-state index in [2.05, 4.69) is 5.32 Å². The minimum absolute atomic E-state index is 0.0278. The molecule has 1 aromatic rings. The van der Waals surface area contributed by atoms with Crippen LogP contribution < -0.4 is 10.5 Å². The summed E-state index contributed by atoms with van der Waals surface area (Å²) in [6.45, 7) is 5.74. The van der Waals surface area contributed by atoms with E-state index in [-0.39, 0.29) is 22.9 Å². The molecule has 3 N–H and O–H groups in total. The van der Waals surface area contributed by atoms with Crippen LogP contribution in [-0.4, -0.2) is 24.9 Å². The summed E-state index contributed by atoms with van der Waals surface area (Å²) >= 11 is 0. The van der Waals surface area contributed by atoms with Crippen molar-refractivity contribution in [2.45, 2.75) is 57.0 Å². The van der Waals surface area contributed by atoms with Crippen molar-refractivity contribution in [1.29, 1.82) is 0 Å². The number of carbonyl (C=O) groups is 1. The third-order valence-electron chi connectivity index (χ3n) is 3.70. The minimum atomic E-state index is -3.81. The quantitative estimate of drug-likeness (QED) is 0.836. The van der Waals surface area contributed by atoms with Crippen molar-refractivity contribution in [1.82, 2.24) is 9.88 Å². The topological polar surface area (TPSA) is 94.2 Å². The van der Waals surface area contributed by atoms with Crippen molar-refractivity contribution in [3.05, 3.63) is 18.0 Å². The van der Waals surface area contributed by atoms with Crippen molar-refractivity contribution >= 4 is 15.9 Å². The van der Waals surface area contributed by atoms with Gasteiger partial charge in [-0.15, -0.1) is 0 Å². The first-order valence-corrected chi connectivity index (χ1v) is 8.78. The van der Waals surface area contributed by atoms with E-state index in [0.29, 0.717) is 5.69 Å². The molecule has 1 aliphatic rings. The number of hydrogen-bond donors (Lipinski definition) is 2. The molecule has 1 unspecified atom stereocenters. The number of nitrogens with zero attached hydrogens (tertiary/aromatic N) is 1. The number of nitrogens with two attached hydrogens (primary N) is 1. The van der Waals surface area contributed by atoms with Gasteiger partial charge in [0.25, 0.3) is 5.91 Å². The van der Waals surface area contributed by atoms with Gasteiger partial charge >= 0.3 is 0 Å². The highest BCUT2D eigenvalue weighted by Crippen LogP contribution is 2.33. The third kappa shape index (κ3) is 4.07. The van der Waals surface area contributed by atoms with E-state index in [1.807, 2.05) is 20.8 Å². The van der Waals surface area contributed by atoms with E-state index >= 15 is 0 Å². The zero-order valence-corrected chi connectivity index (χ0v) is 13.5. The number of aromatic nitrogens is 1. The van der Waals surface area contributed by atoms with Gasteiger partial charge in [-0.1, -0.05) is 12.8 Å². The molecule has 1 amide bonds. The standard InChI is InChI=1S/C14H23N3O3S/c1-9(2)17-8-12(21(15,19)20)7-13(17)14(18)16-10(3)6-11-4-5-11/h7-11H,4-6H2,1-3H3,(H,16,18)(H2,15,19,20). The molecule has 21 heavy (non-hydrogen) atoms. The van der Waals surface area contributed by atoms with Crippen LogP contribution in [0.3, 0.4) is 0 Å². The molecule has 1 fully saturated rings. The van der Waals surface area contributed by atoms with Crippen LogP contribution in [0, 0.1) is 5.92 Å². The van der Waals surface area contributed by atoms with Crippen molar-refractivity contribution in [2.75, 3.05) is 0 Å². The Morgan fingerprint density at radius 1 is 1.43 bits per heavy atom. The highest BCUT2D eigenvalue weighted by Gasteiger charge is 2.26. The Balaban J connectivity index is 2.20. The van der Waals surface area contributed by atoms with Gasteiger partial charge in [0.2, 0.25) is 10.0 Å². The lowest BCUT2D eigenvalue weighted by Crippen LogP contribution is -2.34. The first-order chi connectivity index (χ1) is 9.68. The van der Waals surface area contributed by atoms with Crippen LogP contribution in [0.2, 0.25) is 0 Å². The Bertz CT molecular complexity index is 630. The maximum atomic E-state index is 12.4. The van der Waals surface area contributed by atoms with E-state index < -0.39 is 10.0 Å². The van der Waals surface area contributed by atoms with E-state index in [0.717, 1.165) is 12.3 Å². The number of nitrogens with one attached hydrogen (secondary N) is 1. The van der Waals surface area contributed by atoms with Gasteiger partial charge in [0.05, 0.1) is 0 Å². The van der Waals surface area contributed by atoms with Crippen LogP contribution >= 0.6 is 0 Å². The van der Waals surface area contributed by atoms with Gasteiger partial charge < -0.3 is 9.88 Å². The van der Waals surface area contributed by atoms with Crippen molar-refractivity contribution in [2.24, 2.45) is 11.1 Å². The second-order valence-corrected chi connectivity index (χ2v) is 7.72. The van der Waals surface area contributed by atoms with E-state index in [4.69, 9.17) is 5.14 Å². The molecular formula is C14H23N3O3S. The predicted molar refractivity (Wildman–Crippen MR) is 80.5 cm³/mol. The normalized spacial score (nSPS) is 17.0. The SMILES string of the molecule is CC(CC1CC1)NC(=O)c1cc(S(N)(=O)=O)cn1C(C)C. The van der Waals surface area contributed by atoms with Gasteiger partial charge in [-0.25, -0.2) is 13.6 Å². The van der Waals surface area contributed by atoms with Gasteiger partial charge in [0.15, 0.2) is 0 Å². The maximum absolute atomic E-state index is 12.4. The zero-order valence-electron chi connectivity index (χ0n) is 12.7. The molecule has 1 saturated carbocycles. The molecule has 0 bridgehead atoms. The van der Waals surface area contributed by atoms with Gasteiger partial charge in [-0.2, -0.15) is 0 Å². The van der Waals surface area contributed by atoms with Crippen molar-refractivity contribution in [3.8, 4) is 0 Å². The molecule has 118 valence electrons. The Labute approximate surface area is 125 Å². The van der Waals surface area contributed by atoms with Gasteiger partial charge in [-0.05, 0) is 39.2 Å². The summed E-state index contributed by atoms with van der Waals surface area (Å²) in [5.74, 6) is 0.462. The lowest BCUT2D eigenvalue weighted by atomic mass is 10.1. The average Bonchev–Trinajstić information content (AvgIpc) is 3.01. The molecular weight excluding hydrogens is 290 g/mol. The maximum Gasteiger partial charge on any atom is 0.268 e. The molecule has 1 aliphatic carbocycles. The first kappa shape index (κ1) is 16.0. The highest BCUT2D eigenvalue weighted by molar-refractivity contribution is 7.89. The average molecular weight is 313 g/mol.